The van der Waals surface area contributed by atoms with E-state index in [0.717, 1.165) is 11.1 Å². The van der Waals surface area contributed by atoms with Crippen LogP contribution in [0.4, 0.5) is 5.95 Å². The third kappa shape index (κ3) is 6.43. The molecule has 0 saturated heterocycles. The van der Waals surface area contributed by atoms with Crippen molar-refractivity contribution in [3.63, 3.8) is 0 Å². The maximum atomic E-state index is 12.2. The van der Waals surface area contributed by atoms with Crippen LogP contribution in [0.2, 0.25) is 5.02 Å². The molecule has 0 aliphatic carbocycles. The highest BCUT2D eigenvalue weighted by molar-refractivity contribution is 6.33. The lowest BCUT2D eigenvalue weighted by Crippen LogP contribution is -2.23. The molecular formula is C20H25ClN6O3. The fourth-order valence-corrected chi connectivity index (χ4v) is 2.81. The normalized spacial score (nSPS) is 11.5. The van der Waals surface area contributed by atoms with Gasteiger partial charge in [-0.05, 0) is 43.0 Å². The van der Waals surface area contributed by atoms with Crippen LogP contribution in [0.5, 0.6) is 5.75 Å². The van der Waals surface area contributed by atoms with E-state index in [2.05, 4.69) is 25.8 Å². The number of halogens is 1. The molecule has 1 heterocycles. The molecule has 0 aliphatic rings. The number of methoxy groups -OCH3 is 1. The number of hydrogen-bond donors (Lipinski definition) is 3. The van der Waals surface area contributed by atoms with Crippen LogP contribution in [0.3, 0.4) is 0 Å². The van der Waals surface area contributed by atoms with Gasteiger partial charge in [0.2, 0.25) is 5.95 Å². The number of ether oxygens (including phenoxy) is 1. The molecule has 160 valence electrons. The number of aromatic nitrogens is 2. The molecule has 1 amide bonds. The second-order valence-corrected chi connectivity index (χ2v) is 6.44. The quantitative estimate of drug-likeness (QED) is 0.389. The summed E-state index contributed by atoms with van der Waals surface area (Å²) < 4.78 is 5.30. The van der Waals surface area contributed by atoms with Crippen LogP contribution < -0.4 is 21.3 Å². The Morgan fingerprint density at radius 3 is 2.63 bits per heavy atom. The van der Waals surface area contributed by atoms with Gasteiger partial charge in [0.1, 0.15) is 5.75 Å². The lowest BCUT2D eigenvalue weighted by molar-refractivity contribution is 0.0364. The molecule has 0 bridgehead atoms. The monoisotopic (exact) mass is 432 g/mol. The fraction of sp³-hybridized carbons (Fsp3) is 0.300. The van der Waals surface area contributed by atoms with Crippen LogP contribution in [-0.2, 0) is 17.7 Å². The maximum Gasteiger partial charge on any atom is 0.274 e. The Kier molecular flexibility index (Phi) is 9.04. The van der Waals surface area contributed by atoms with Crippen molar-refractivity contribution in [3.05, 3.63) is 58.1 Å². The zero-order valence-electron chi connectivity index (χ0n) is 17.1. The van der Waals surface area contributed by atoms with Crippen molar-refractivity contribution in [2.45, 2.75) is 19.8 Å². The zero-order valence-corrected chi connectivity index (χ0v) is 17.9. The fourth-order valence-electron chi connectivity index (χ4n) is 2.53. The number of hydrogen-bond acceptors (Lipinski definition) is 8. The number of amides is 1. The molecule has 0 unspecified atom stereocenters. The smallest absolute Gasteiger partial charge is 0.274 e. The summed E-state index contributed by atoms with van der Waals surface area (Å²) in [7, 11) is 3.15. The van der Waals surface area contributed by atoms with Crippen molar-refractivity contribution in [1.82, 2.24) is 15.4 Å². The Hall–Kier alpha value is -3.17. The first-order valence-corrected chi connectivity index (χ1v) is 9.60. The van der Waals surface area contributed by atoms with Crippen LogP contribution in [-0.4, -0.2) is 42.9 Å². The predicted octanol–water partition coefficient (Wildman–Crippen LogP) is 2.52. The van der Waals surface area contributed by atoms with Crippen LogP contribution in [0.25, 0.3) is 0 Å². The Labute approximate surface area is 180 Å². The molecule has 2 rings (SSSR count). The van der Waals surface area contributed by atoms with E-state index in [0.29, 0.717) is 47.4 Å². The third-order valence-electron chi connectivity index (χ3n) is 4.00. The maximum absolute atomic E-state index is 12.2. The molecule has 0 spiro atoms. The van der Waals surface area contributed by atoms with Crippen molar-refractivity contribution in [2.24, 2.45) is 10.7 Å². The van der Waals surface area contributed by atoms with Crippen LogP contribution in [0.15, 0.2) is 41.4 Å². The topological polar surface area (TPSA) is 124 Å². The van der Waals surface area contributed by atoms with Gasteiger partial charge in [-0.15, -0.1) is 0 Å². The number of nitrogens with zero attached hydrogens (tertiary/aromatic N) is 3. The van der Waals surface area contributed by atoms with E-state index < -0.39 is 0 Å². The molecule has 0 radical (unpaired) electrons. The summed E-state index contributed by atoms with van der Waals surface area (Å²) in [5.74, 6) is 0.459. The lowest BCUT2D eigenvalue weighted by Gasteiger charge is -2.12. The standard InChI is InChI=1S/C20H25ClN6O3/c1-4-30-27-19(28)15-7-14(18(21)17(8-15)29-3)6-5-13-10-24-20(25-11-13)26-16(9-22)12-23-2/h7-12H,4-6,22H2,1-3H3,(H,27,28)(H,24,25,26). The number of aryl methyl sites for hydroxylation is 2. The summed E-state index contributed by atoms with van der Waals surface area (Å²) in [5, 5.41) is 3.42. The molecule has 4 N–H and O–H groups in total. The van der Waals surface area contributed by atoms with Gasteiger partial charge in [-0.25, -0.2) is 15.4 Å². The number of carbonyl (C=O) groups excluding carboxylic acids is 1. The number of rotatable bonds is 10. The van der Waals surface area contributed by atoms with Crippen LogP contribution in [0, 0.1) is 0 Å². The molecule has 10 heteroatoms. The van der Waals surface area contributed by atoms with Crippen LogP contribution >= 0.6 is 11.6 Å². The first-order valence-electron chi connectivity index (χ1n) is 9.22. The minimum atomic E-state index is -0.369. The van der Waals surface area contributed by atoms with Crippen molar-refractivity contribution in [3.8, 4) is 5.75 Å². The second-order valence-electron chi connectivity index (χ2n) is 6.07. The molecule has 0 fully saturated rings. The van der Waals surface area contributed by atoms with Gasteiger partial charge in [0.05, 0.1) is 24.4 Å². The molecule has 0 saturated carbocycles. The van der Waals surface area contributed by atoms with E-state index in [1.54, 1.807) is 44.7 Å². The van der Waals surface area contributed by atoms with Crippen molar-refractivity contribution in [2.75, 3.05) is 26.1 Å². The van der Waals surface area contributed by atoms with Gasteiger partial charge in [-0.3, -0.25) is 14.6 Å². The van der Waals surface area contributed by atoms with Crippen LogP contribution in [0.1, 0.15) is 28.4 Å². The number of nitrogens with one attached hydrogen (secondary N) is 2. The summed E-state index contributed by atoms with van der Waals surface area (Å²) in [5.41, 5.74) is 10.5. The number of anilines is 1. The minimum Gasteiger partial charge on any atom is -0.495 e. The number of benzene rings is 1. The molecule has 0 atom stereocenters. The van der Waals surface area contributed by atoms with Gasteiger partial charge in [0, 0.05) is 37.4 Å². The lowest BCUT2D eigenvalue weighted by atomic mass is 10.0. The number of allylic oxidation sites excluding steroid dienone is 1. The molecule has 1 aromatic carbocycles. The largest absolute Gasteiger partial charge is 0.495 e. The van der Waals surface area contributed by atoms with Gasteiger partial charge < -0.3 is 15.8 Å². The molecule has 0 aliphatic heterocycles. The molecule has 30 heavy (non-hydrogen) atoms. The summed E-state index contributed by atoms with van der Waals surface area (Å²) in [6.45, 7) is 2.14. The SMILES string of the molecule is CCONC(=O)c1cc(CCc2cnc(NC(C=NC)=CN)nc2)c(Cl)c(OC)c1. The van der Waals surface area contributed by atoms with E-state index in [1.165, 1.54) is 13.3 Å². The van der Waals surface area contributed by atoms with Gasteiger partial charge in [-0.1, -0.05) is 11.6 Å². The average Bonchev–Trinajstić information content (AvgIpc) is 2.77. The molecular weight excluding hydrogens is 408 g/mol. The van der Waals surface area contributed by atoms with Gasteiger partial charge in [0.15, 0.2) is 0 Å². The number of aliphatic imine (C=N–C) groups is 1. The number of nitrogens with two attached hydrogens (primary N) is 1. The average molecular weight is 433 g/mol. The first kappa shape index (κ1) is 23.1. The highest BCUT2D eigenvalue weighted by atomic mass is 35.5. The first-order chi connectivity index (χ1) is 14.5. The van der Waals surface area contributed by atoms with Crippen molar-refractivity contribution >= 4 is 29.7 Å². The van der Waals surface area contributed by atoms with Crippen molar-refractivity contribution in [1.29, 1.82) is 0 Å². The zero-order chi connectivity index (χ0) is 21.9. The summed E-state index contributed by atoms with van der Waals surface area (Å²) >= 11 is 6.42. The Morgan fingerprint density at radius 1 is 1.30 bits per heavy atom. The van der Waals surface area contributed by atoms with Gasteiger partial charge in [-0.2, -0.15) is 0 Å². The van der Waals surface area contributed by atoms with E-state index in [1.807, 2.05) is 0 Å². The van der Waals surface area contributed by atoms with Crippen molar-refractivity contribution < 1.29 is 14.4 Å². The Morgan fingerprint density at radius 2 is 2.03 bits per heavy atom. The van der Waals surface area contributed by atoms with Gasteiger partial charge >= 0.3 is 0 Å². The van der Waals surface area contributed by atoms with Gasteiger partial charge in [0.25, 0.3) is 5.91 Å². The van der Waals surface area contributed by atoms with E-state index in [9.17, 15) is 4.79 Å². The third-order valence-corrected chi connectivity index (χ3v) is 4.43. The highest BCUT2D eigenvalue weighted by Gasteiger charge is 2.15. The van der Waals surface area contributed by atoms with E-state index >= 15 is 0 Å². The van der Waals surface area contributed by atoms with E-state index in [-0.39, 0.29) is 5.91 Å². The van der Waals surface area contributed by atoms with E-state index in [4.69, 9.17) is 26.9 Å². The highest BCUT2D eigenvalue weighted by Crippen LogP contribution is 2.31. The molecule has 2 aromatic rings. The Balaban J connectivity index is 2.11. The predicted molar refractivity (Wildman–Crippen MR) is 117 cm³/mol. The number of hydroxylamine groups is 1. The number of carbonyl (C=O) groups is 1. The Bertz CT molecular complexity index is 916. The second kappa shape index (κ2) is 11.7. The minimum absolute atomic E-state index is 0.363. The summed E-state index contributed by atoms with van der Waals surface area (Å²) in [6.07, 6.45) is 7.57. The summed E-state index contributed by atoms with van der Waals surface area (Å²) in [6, 6.07) is 3.30. The molecule has 9 nitrogen and oxygen atoms in total. The molecule has 1 aromatic heterocycles. The summed E-state index contributed by atoms with van der Waals surface area (Å²) in [4.78, 5) is 29.6.